The largest absolute Gasteiger partial charge is 0.363 e. The summed E-state index contributed by atoms with van der Waals surface area (Å²) >= 11 is 0. The molecular formula is C18H27N3O4S. The van der Waals surface area contributed by atoms with Gasteiger partial charge in [0, 0.05) is 31.7 Å². The molecule has 0 N–H and O–H groups in total. The Morgan fingerprint density at radius 3 is 2.38 bits per heavy atom. The Morgan fingerprint density at radius 2 is 1.77 bits per heavy atom. The Hall–Kier alpha value is -1.67. The van der Waals surface area contributed by atoms with E-state index in [9.17, 15) is 18.5 Å². The van der Waals surface area contributed by atoms with Gasteiger partial charge in [-0.3, -0.25) is 10.1 Å². The standard InChI is InChI=1S/C18H27N3O4S/c1-14-8-11-19(12-9-14)26(24,25)16-6-7-17(18(13-16)21(22)23)20-10-4-3-5-15(20)2/h6-7,13-15H,3-5,8-12H2,1-2H3/t15-/m0/s1. The minimum absolute atomic E-state index is 0.0205. The molecule has 1 aromatic rings. The number of hydrogen-bond acceptors (Lipinski definition) is 5. The first-order chi connectivity index (χ1) is 12.3. The van der Waals surface area contributed by atoms with E-state index in [1.807, 2.05) is 4.90 Å². The summed E-state index contributed by atoms with van der Waals surface area (Å²) in [6.07, 6.45) is 4.75. The molecule has 144 valence electrons. The van der Waals surface area contributed by atoms with E-state index in [2.05, 4.69) is 13.8 Å². The molecule has 0 aliphatic carbocycles. The Morgan fingerprint density at radius 1 is 1.08 bits per heavy atom. The molecule has 2 fully saturated rings. The highest BCUT2D eigenvalue weighted by molar-refractivity contribution is 7.89. The molecule has 7 nitrogen and oxygen atoms in total. The highest BCUT2D eigenvalue weighted by Crippen LogP contribution is 2.35. The fourth-order valence-electron chi connectivity index (χ4n) is 3.88. The lowest BCUT2D eigenvalue weighted by Crippen LogP contribution is -2.38. The zero-order valence-corrected chi connectivity index (χ0v) is 16.2. The highest BCUT2D eigenvalue weighted by Gasteiger charge is 2.32. The quantitative estimate of drug-likeness (QED) is 0.590. The van der Waals surface area contributed by atoms with Crippen LogP contribution in [0.2, 0.25) is 0 Å². The zero-order valence-electron chi connectivity index (χ0n) is 15.4. The van der Waals surface area contributed by atoms with Crippen molar-refractivity contribution in [2.45, 2.75) is 56.9 Å². The second-order valence-electron chi connectivity index (χ2n) is 7.53. The van der Waals surface area contributed by atoms with Crippen molar-refractivity contribution < 1.29 is 13.3 Å². The Balaban J connectivity index is 1.94. The van der Waals surface area contributed by atoms with Crippen molar-refractivity contribution in [1.29, 1.82) is 0 Å². The number of anilines is 1. The summed E-state index contributed by atoms with van der Waals surface area (Å²) in [5.74, 6) is 0.513. The molecule has 2 aliphatic heterocycles. The van der Waals surface area contributed by atoms with Crippen LogP contribution in [-0.4, -0.2) is 43.3 Å². The van der Waals surface area contributed by atoms with E-state index < -0.39 is 14.9 Å². The lowest BCUT2D eigenvalue weighted by molar-refractivity contribution is -0.384. The van der Waals surface area contributed by atoms with Crippen molar-refractivity contribution in [3.63, 3.8) is 0 Å². The van der Waals surface area contributed by atoms with Crippen molar-refractivity contribution in [1.82, 2.24) is 4.31 Å². The van der Waals surface area contributed by atoms with Gasteiger partial charge in [-0.15, -0.1) is 0 Å². The lowest BCUT2D eigenvalue weighted by atomic mass is 10.0. The smallest absolute Gasteiger partial charge is 0.293 e. The molecule has 0 radical (unpaired) electrons. The molecule has 1 atom stereocenters. The molecule has 2 saturated heterocycles. The van der Waals surface area contributed by atoms with Gasteiger partial charge in [0.25, 0.3) is 5.69 Å². The van der Waals surface area contributed by atoms with E-state index in [4.69, 9.17) is 0 Å². The van der Waals surface area contributed by atoms with Gasteiger partial charge in [0.15, 0.2) is 0 Å². The van der Waals surface area contributed by atoms with E-state index in [0.29, 0.717) is 24.7 Å². The molecule has 0 unspecified atom stereocenters. The van der Waals surface area contributed by atoms with E-state index in [-0.39, 0.29) is 16.6 Å². The lowest BCUT2D eigenvalue weighted by Gasteiger charge is -2.35. The number of nitro groups is 1. The van der Waals surface area contributed by atoms with Crippen LogP contribution in [-0.2, 0) is 10.0 Å². The van der Waals surface area contributed by atoms with Crippen LogP contribution >= 0.6 is 0 Å². The summed E-state index contributed by atoms with van der Waals surface area (Å²) in [6, 6.07) is 4.59. The molecule has 0 amide bonds. The van der Waals surface area contributed by atoms with Gasteiger partial charge < -0.3 is 4.90 Å². The molecule has 0 spiro atoms. The number of nitrogens with zero attached hydrogens (tertiary/aromatic N) is 3. The minimum Gasteiger partial charge on any atom is -0.363 e. The van der Waals surface area contributed by atoms with E-state index >= 15 is 0 Å². The average molecular weight is 381 g/mol. The maximum Gasteiger partial charge on any atom is 0.293 e. The van der Waals surface area contributed by atoms with Crippen molar-refractivity contribution in [3.8, 4) is 0 Å². The maximum absolute atomic E-state index is 12.9. The van der Waals surface area contributed by atoms with Crippen LogP contribution in [0.4, 0.5) is 11.4 Å². The topological polar surface area (TPSA) is 83.8 Å². The Bertz CT molecular complexity index is 773. The van der Waals surface area contributed by atoms with Gasteiger partial charge in [-0.25, -0.2) is 8.42 Å². The number of rotatable bonds is 4. The van der Waals surface area contributed by atoms with Gasteiger partial charge in [0.1, 0.15) is 5.69 Å². The average Bonchev–Trinajstić information content (AvgIpc) is 2.62. The number of piperidine rings is 2. The van der Waals surface area contributed by atoms with E-state index in [1.165, 1.54) is 16.4 Å². The molecule has 3 rings (SSSR count). The monoisotopic (exact) mass is 381 g/mol. The van der Waals surface area contributed by atoms with Crippen molar-refractivity contribution >= 4 is 21.4 Å². The summed E-state index contributed by atoms with van der Waals surface area (Å²) in [5, 5.41) is 11.6. The Kier molecular flexibility index (Phi) is 5.53. The van der Waals surface area contributed by atoms with Crippen molar-refractivity contribution in [3.05, 3.63) is 28.3 Å². The van der Waals surface area contributed by atoms with Crippen molar-refractivity contribution in [2.75, 3.05) is 24.5 Å². The van der Waals surface area contributed by atoms with Crippen LogP contribution in [0.1, 0.15) is 46.0 Å². The second kappa shape index (κ2) is 7.52. The summed E-state index contributed by atoms with van der Waals surface area (Å²) in [6.45, 7) is 5.88. The molecule has 1 aromatic carbocycles. The van der Waals surface area contributed by atoms with Gasteiger partial charge >= 0.3 is 0 Å². The fourth-order valence-corrected chi connectivity index (χ4v) is 5.37. The normalized spacial score (nSPS) is 23.2. The second-order valence-corrected chi connectivity index (χ2v) is 9.47. The third-order valence-electron chi connectivity index (χ3n) is 5.64. The van der Waals surface area contributed by atoms with E-state index in [1.54, 1.807) is 6.07 Å². The SMILES string of the molecule is CC1CCN(S(=O)(=O)c2ccc(N3CCCC[C@@H]3C)c([N+](=O)[O-])c2)CC1. The molecule has 2 heterocycles. The first kappa shape index (κ1) is 19.1. The van der Waals surface area contributed by atoms with Gasteiger partial charge in [-0.05, 0) is 57.1 Å². The third kappa shape index (κ3) is 3.71. The predicted octanol–water partition coefficient (Wildman–Crippen LogP) is 3.39. The highest BCUT2D eigenvalue weighted by atomic mass is 32.2. The summed E-state index contributed by atoms with van der Waals surface area (Å²) < 4.78 is 27.3. The number of hydrogen-bond donors (Lipinski definition) is 0. The number of benzene rings is 1. The number of nitro benzene ring substituents is 1. The van der Waals surface area contributed by atoms with Crippen LogP contribution in [0.15, 0.2) is 23.1 Å². The minimum atomic E-state index is -3.69. The predicted molar refractivity (Wildman–Crippen MR) is 101 cm³/mol. The molecule has 26 heavy (non-hydrogen) atoms. The van der Waals surface area contributed by atoms with Gasteiger partial charge in [0.05, 0.1) is 9.82 Å². The van der Waals surface area contributed by atoms with Crippen LogP contribution in [0, 0.1) is 16.0 Å². The molecule has 8 heteroatoms. The molecule has 0 bridgehead atoms. The van der Waals surface area contributed by atoms with E-state index in [0.717, 1.165) is 38.6 Å². The van der Waals surface area contributed by atoms with Crippen LogP contribution in [0.5, 0.6) is 0 Å². The fraction of sp³-hybridized carbons (Fsp3) is 0.667. The summed E-state index contributed by atoms with van der Waals surface area (Å²) in [5.41, 5.74) is 0.401. The molecule has 0 saturated carbocycles. The first-order valence-electron chi connectivity index (χ1n) is 9.36. The van der Waals surface area contributed by atoms with Crippen molar-refractivity contribution in [2.24, 2.45) is 5.92 Å². The molecule has 0 aromatic heterocycles. The van der Waals surface area contributed by atoms with Gasteiger partial charge in [0.2, 0.25) is 10.0 Å². The van der Waals surface area contributed by atoms with Crippen LogP contribution in [0.25, 0.3) is 0 Å². The Labute approximate surface area is 155 Å². The third-order valence-corrected chi connectivity index (χ3v) is 7.53. The number of sulfonamides is 1. The van der Waals surface area contributed by atoms with Crippen LogP contribution < -0.4 is 4.90 Å². The van der Waals surface area contributed by atoms with Gasteiger partial charge in [-0.1, -0.05) is 6.92 Å². The van der Waals surface area contributed by atoms with Gasteiger partial charge in [-0.2, -0.15) is 4.31 Å². The molecule has 2 aliphatic rings. The maximum atomic E-state index is 12.9. The molecular weight excluding hydrogens is 354 g/mol. The summed E-state index contributed by atoms with van der Waals surface area (Å²) in [7, 11) is -3.69. The van der Waals surface area contributed by atoms with Crippen LogP contribution in [0.3, 0.4) is 0 Å². The summed E-state index contributed by atoms with van der Waals surface area (Å²) in [4.78, 5) is 13.2. The zero-order chi connectivity index (χ0) is 18.9. The first-order valence-corrected chi connectivity index (χ1v) is 10.8.